The van der Waals surface area contributed by atoms with E-state index in [-0.39, 0.29) is 11.6 Å². The molecule has 2 heterocycles. The number of aromatic nitrogens is 2. The van der Waals surface area contributed by atoms with Gasteiger partial charge in [-0.25, -0.2) is 0 Å². The number of amides is 1. The number of carbonyl (C=O) groups excluding carboxylic acids is 1. The molecule has 1 aliphatic rings. The maximum absolute atomic E-state index is 12.9. The molecule has 0 N–H and O–H groups in total. The first-order valence-corrected chi connectivity index (χ1v) is 7.61. The van der Waals surface area contributed by atoms with Crippen molar-refractivity contribution in [1.82, 2.24) is 14.7 Å². The lowest BCUT2D eigenvalue weighted by Crippen LogP contribution is -2.42. The number of rotatable bonds is 2. The van der Waals surface area contributed by atoms with Gasteiger partial charge in [-0.1, -0.05) is 18.5 Å². The van der Waals surface area contributed by atoms with Crippen LogP contribution in [0.3, 0.4) is 0 Å². The average Bonchev–Trinajstić information content (AvgIpc) is 2.73. The highest BCUT2D eigenvalue weighted by Crippen LogP contribution is 2.36. The van der Waals surface area contributed by atoms with Crippen LogP contribution in [0.25, 0.3) is 0 Å². The molecule has 0 aliphatic carbocycles. The first-order valence-electron chi connectivity index (χ1n) is 7.23. The SMILES string of the molecule is Cc1c(Cl)c(C(F)(F)F)nn1[C@@H](C)C(=O)N1CCC[C@H](C)C1. The maximum Gasteiger partial charge on any atom is 0.436 e. The molecule has 2 rings (SSSR count). The van der Waals surface area contributed by atoms with Gasteiger partial charge in [0.1, 0.15) is 6.04 Å². The van der Waals surface area contributed by atoms with Crippen molar-refractivity contribution in [3.05, 3.63) is 16.4 Å². The number of nitrogens with zero attached hydrogens (tertiary/aromatic N) is 3. The van der Waals surface area contributed by atoms with Gasteiger partial charge in [-0.2, -0.15) is 18.3 Å². The highest BCUT2D eigenvalue weighted by Gasteiger charge is 2.39. The van der Waals surface area contributed by atoms with Gasteiger partial charge in [-0.05, 0) is 32.6 Å². The quantitative estimate of drug-likeness (QED) is 0.825. The van der Waals surface area contributed by atoms with Gasteiger partial charge in [0.15, 0.2) is 5.69 Å². The molecule has 0 unspecified atom stereocenters. The minimum Gasteiger partial charge on any atom is -0.341 e. The van der Waals surface area contributed by atoms with Crippen LogP contribution in [-0.4, -0.2) is 33.7 Å². The first-order chi connectivity index (χ1) is 10.1. The van der Waals surface area contributed by atoms with Crippen LogP contribution in [0, 0.1) is 12.8 Å². The van der Waals surface area contributed by atoms with Gasteiger partial charge in [0.05, 0.1) is 10.7 Å². The predicted octanol–water partition coefficient (Wildman–Crippen LogP) is 3.68. The van der Waals surface area contributed by atoms with E-state index in [2.05, 4.69) is 12.0 Å². The fourth-order valence-corrected chi connectivity index (χ4v) is 3.05. The van der Waals surface area contributed by atoms with Crippen molar-refractivity contribution in [2.75, 3.05) is 13.1 Å². The minimum atomic E-state index is -4.63. The second kappa shape index (κ2) is 6.10. The molecular weight excluding hydrogens is 319 g/mol. The molecule has 1 aliphatic heterocycles. The summed E-state index contributed by atoms with van der Waals surface area (Å²) in [5.74, 6) is 0.181. The molecule has 124 valence electrons. The van der Waals surface area contributed by atoms with E-state index in [0.717, 1.165) is 17.5 Å². The second-order valence-corrected chi connectivity index (χ2v) is 6.28. The lowest BCUT2D eigenvalue weighted by molar-refractivity contribution is -0.142. The molecule has 0 aromatic carbocycles. The Morgan fingerprint density at radius 3 is 2.59 bits per heavy atom. The molecule has 0 bridgehead atoms. The largest absolute Gasteiger partial charge is 0.436 e. The van der Waals surface area contributed by atoms with Gasteiger partial charge in [-0.15, -0.1) is 0 Å². The van der Waals surface area contributed by atoms with E-state index in [1.165, 1.54) is 6.92 Å². The zero-order chi connectivity index (χ0) is 16.7. The monoisotopic (exact) mass is 337 g/mol. The summed E-state index contributed by atoms with van der Waals surface area (Å²) < 4.78 is 39.6. The summed E-state index contributed by atoms with van der Waals surface area (Å²) in [5.41, 5.74) is -0.988. The Hall–Kier alpha value is -1.24. The summed E-state index contributed by atoms with van der Waals surface area (Å²) in [6, 6.07) is -0.807. The number of hydrogen-bond donors (Lipinski definition) is 0. The Kier molecular flexibility index (Phi) is 4.75. The summed E-state index contributed by atoms with van der Waals surface area (Å²) in [6.45, 7) is 6.31. The third-order valence-electron chi connectivity index (χ3n) is 4.04. The van der Waals surface area contributed by atoms with E-state index in [4.69, 9.17) is 11.6 Å². The van der Waals surface area contributed by atoms with Crippen LogP contribution in [0.2, 0.25) is 5.02 Å². The highest BCUT2D eigenvalue weighted by atomic mass is 35.5. The minimum absolute atomic E-state index is 0.153. The normalized spacial score (nSPS) is 21.0. The van der Waals surface area contributed by atoms with E-state index in [0.29, 0.717) is 19.0 Å². The van der Waals surface area contributed by atoms with Crippen molar-refractivity contribution in [1.29, 1.82) is 0 Å². The number of hydrogen-bond acceptors (Lipinski definition) is 2. The Bertz CT molecular complexity index is 570. The summed E-state index contributed by atoms with van der Waals surface area (Å²) in [5, 5.41) is 3.08. The van der Waals surface area contributed by atoms with E-state index >= 15 is 0 Å². The molecule has 0 spiro atoms. The number of halogens is 4. The van der Waals surface area contributed by atoms with Crippen molar-refractivity contribution in [3.63, 3.8) is 0 Å². The lowest BCUT2D eigenvalue weighted by atomic mass is 10.00. The standard InChI is InChI=1S/C14H19ClF3N3O/c1-8-5-4-6-20(7-8)13(22)10(3)21-9(2)11(15)12(19-21)14(16,17)18/h8,10H,4-7H2,1-3H3/t8-,10-/m0/s1. The number of likely N-dealkylation sites (tertiary alicyclic amines) is 1. The number of alkyl halides is 3. The first kappa shape index (κ1) is 17.1. The Balaban J connectivity index is 2.26. The van der Waals surface area contributed by atoms with Gasteiger partial charge in [0, 0.05) is 13.1 Å². The van der Waals surface area contributed by atoms with Crippen LogP contribution in [-0.2, 0) is 11.0 Å². The van der Waals surface area contributed by atoms with Crippen molar-refractivity contribution < 1.29 is 18.0 Å². The summed E-state index contributed by atoms with van der Waals surface area (Å²) in [7, 11) is 0. The summed E-state index contributed by atoms with van der Waals surface area (Å²) in [6.07, 6.45) is -2.66. The molecule has 1 aromatic rings. The summed E-state index contributed by atoms with van der Waals surface area (Å²) in [4.78, 5) is 14.2. The molecule has 0 radical (unpaired) electrons. The van der Waals surface area contributed by atoms with Crippen molar-refractivity contribution >= 4 is 17.5 Å². The van der Waals surface area contributed by atoms with E-state index in [1.54, 1.807) is 11.8 Å². The average molecular weight is 338 g/mol. The van der Waals surface area contributed by atoms with Gasteiger partial charge < -0.3 is 4.90 Å². The van der Waals surface area contributed by atoms with Crippen molar-refractivity contribution in [2.24, 2.45) is 5.92 Å². The molecular formula is C14H19ClF3N3O. The van der Waals surface area contributed by atoms with Gasteiger partial charge in [0.25, 0.3) is 0 Å². The molecule has 2 atom stereocenters. The fourth-order valence-electron chi connectivity index (χ4n) is 2.82. The fraction of sp³-hybridized carbons (Fsp3) is 0.714. The van der Waals surface area contributed by atoms with Crippen LogP contribution in [0.1, 0.15) is 44.1 Å². The lowest BCUT2D eigenvalue weighted by Gasteiger charge is -2.33. The second-order valence-electron chi connectivity index (χ2n) is 5.90. The van der Waals surface area contributed by atoms with Gasteiger partial charge >= 0.3 is 6.18 Å². The van der Waals surface area contributed by atoms with Crippen LogP contribution in [0.4, 0.5) is 13.2 Å². The Labute approximate surface area is 132 Å². The Morgan fingerprint density at radius 2 is 2.09 bits per heavy atom. The van der Waals surface area contributed by atoms with Crippen LogP contribution in [0.15, 0.2) is 0 Å². The molecule has 1 fully saturated rings. The van der Waals surface area contributed by atoms with E-state index in [1.807, 2.05) is 0 Å². The molecule has 0 saturated carbocycles. The molecule has 22 heavy (non-hydrogen) atoms. The predicted molar refractivity (Wildman–Crippen MR) is 76.7 cm³/mol. The van der Waals surface area contributed by atoms with Gasteiger partial charge in [0.2, 0.25) is 5.91 Å². The summed E-state index contributed by atoms with van der Waals surface area (Å²) >= 11 is 5.73. The zero-order valence-corrected chi connectivity index (χ0v) is 13.5. The van der Waals surface area contributed by atoms with Gasteiger partial charge in [-0.3, -0.25) is 9.48 Å². The maximum atomic E-state index is 12.9. The highest BCUT2D eigenvalue weighted by molar-refractivity contribution is 6.32. The molecule has 4 nitrogen and oxygen atoms in total. The number of carbonyl (C=O) groups is 1. The molecule has 8 heteroatoms. The molecule has 1 aromatic heterocycles. The van der Waals surface area contributed by atoms with Crippen LogP contribution >= 0.6 is 11.6 Å². The van der Waals surface area contributed by atoms with E-state index < -0.39 is 22.9 Å². The van der Waals surface area contributed by atoms with Crippen molar-refractivity contribution in [2.45, 2.75) is 45.8 Å². The van der Waals surface area contributed by atoms with Crippen LogP contribution in [0.5, 0.6) is 0 Å². The third-order valence-corrected chi connectivity index (χ3v) is 4.49. The molecule has 1 amide bonds. The third kappa shape index (κ3) is 3.24. The van der Waals surface area contributed by atoms with E-state index in [9.17, 15) is 18.0 Å². The zero-order valence-electron chi connectivity index (χ0n) is 12.7. The van der Waals surface area contributed by atoms with Crippen molar-refractivity contribution in [3.8, 4) is 0 Å². The smallest absolute Gasteiger partial charge is 0.341 e. The number of piperidine rings is 1. The Morgan fingerprint density at radius 1 is 1.45 bits per heavy atom. The van der Waals surface area contributed by atoms with Crippen LogP contribution < -0.4 is 0 Å². The topological polar surface area (TPSA) is 38.1 Å². The molecule has 1 saturated heterocycles.